The number of halogens is 1. The molecule has 0 N–H and O–H groups in total. The molecule has 0 saturated heterocycles. The van der Waals surface area contributed by atoms with Crippen LogP contribution in [0.3, 0.4) is 0 Å². The molecule has 4 nitrogen and oxygen atoms in total. The van der Waals surface area contributed by atoms with Crippen molar-refractivity contribution in [2.24, 2.45) is 0 Å². The molecule has 0 amide bonds. The molecule has 0 saturated carbocycles. The van der Waals surface area contributed by atoms with Crippen molar-refractivity contribution < 1.29 is 13.2 Å². The number of rotatable bonds is 8. The molecule has 6 heteroatoms. The molecule has 0 aliphatic heterocycles. The molecule has 0 aliphatic carbocycles. The van der Waals surface area contributed by atoms with Crippen LogP contribution in [0.15, 0.2) is 24.3 Å². The molecule has 0 fully saturated rings. The van der Waals surface area contributed by atoms with E-state index in [1.165, 1.54) is 6.26 Å². The zero-order chi connectivity index (χ0) is 14.3. The minimum atomic E-state index is -2.88. The highest BCUT2D eigenvalue weighted by atomic mass is 35.5. The first kappa shape index (κ1) is 16.3. The lowest BCUT2D eigenvalue weighted by molar-refractivity contribution is 0.268. The number of benzene rings is 1. The predicted molar refractivity (Wildman–Crippen MR) is 78.8 cm³/mol. The standard InChI is InChI=1S/C13H20ClNO3S/c1-15(9-11-19(2,16)17)8-3-10-18-13-6-4-12(14)5-7-13/h4-7H,3,8-11H2,1-2H3. The molecule has 1 aromatic rings. The lowest BCUT2D eigenvalue weighted by Gasteiger charge is -2.15. The maximum absolute atomic E-state index is 11.0. The van der Waals surface area contributed by atoms with Crippen LogP contribution in [-0.2, 0) is 9.84 Å². The van der Waals surface area contributed by atoms with E-state index >= 15 is 0 Å². The third-order valence-electron chi connectivity index (χ3n) is 2.61. The fraction of sp³-hybridized carbons (Fsp3) is 0.538. The van der Waals surface area contributed by atoms with Crippen molar-refractivity contribution in [3.05, 3.63) is 29.3 Å². The fourth-order valence-electron chi connectivity index (χ4n) is 1.49. The van der Waals surface area contributed by atoms with E-state index in [0.717, 1.165) is 18.7 Å². The summed E-state index contributed by atoms with van der Waals surface area (Å²) in [5, 5.41) is 0.688. The molecule has 108 valence electrons. The zero-order valence-corrected chi connectivity index (χ0v) is 12.9. The van der Waals surface area contributed by atoms with Gasteiger partial charge in [-0.15, -0.1) is 0 Å². The van der Waals surface area contributed by atoms with E-state index in [0.29, 0.717) is 18.2 Å². The largest absolute Gasteiger partial charge is 0.494 e. The average molecular weight is 306 g/mol. The van der Waals surface area contributed by atoms with E-state index in [4.69, 9.17) is 16.3 Å². The molecule has 19 heavy (non-hydrogen) atoms. The van der Waals surface area contributed by atoms with Gasteiger partial charge in [-0.2, -0.15) is 0 Å². The zero-order valence-electron chi connectivity index (χ0n) is 11.3. The van der Waals surface area contributed by atoms with Crippen molar-refractivity contribution in [3.63, 3.8) is 0 Å². The summed E-state index contributed by atoms with van der Waals surface area (Å²) >= 11 is 5.77. The summed E-state index contributed by atoms with van der Waals surface area (Å²) < 4.78 is 27.6. The SMILES string of the molecule is CN(CCCOc1ccc(Cl)cc1)CCS(C)(=O)=O. The second kappa shape index (κ2) is 7.72. The van der Waals surface area contributed by atoms with Gasteiger partial charge in [-0.25, -0.2) is 8.42 Å². The van der Waals surface area contributed by atoms with Gasteiger partial charge < -0.3 is 9.64 Å². The van der Waals surface area contributed by atoms with Gasteiger partial charge in [0, 0.05) is 24.4 Å². The van der Waals surface area contributed by atoms with Gasteiger partial charge in [0.15, 0.2) is 0 Å². The number of sulfone groups is 1. The minimum absolute atomic E-state index is 0.196. The van der Waals surface area contributed by atoms with Gasteiger partial charge >= 0.3 is 0 Å². The van der Waals surface area contributed by atoms with Crippen molar-refractivity contribution in [1.29, 1.82) is 0 Å². The molecule has 0 atom stereocenters. The Kier molecular flexibility index (Phi) is 6.62. The van der Waals surface area contributed by atoms with Gasteiger partial charge in [0.25, 0.3) is 0 Å². The van der Waals surface area contributed by atoms with Crippen LogP contribution in [0.25, 0.3) is 0 Å². The summed E-state index contributed by atoms with van der Waals surface area (Å²) in [5.41, 5.74) is 0. The van der Waals surface area contributed by atoms with Crippen LogP contribution in [0.1, 0.15) is 6.42 Å². The summed E-state index contributed by atoms with van der Waals surface area (Å²) in [4.78, 5) is 1.99. The van der Waals surface area contributed by atoms with Gasteiger partial charge in [-0.1, -0.05) is 11.6 Å². The summed E-state index contributed by atoms with van der Waals surface area (Å²) in [5.74, 6) is 0.991. The van der Waals surface area contributed by atoms with E-state index in [2.05, 4.69) is 0 Å². The van der Waals surface area contributed by atoms with E-state index in [-0.39, 0.29) is 5.75 Å². The number of hydrogen-bond acceptors (Lipinski definition) is 4. The Morgan fingerprint density at radius 2 is 1.84 bits per heavy atom. The Morgan fingerprint density at radius 3 is 2.42 bits per heavy atom. The Morgan fingerprint density at radius 1 is 1.21 bits per heavy atom. The molecular weight excluding hydrogens is 286 g/mol. The van der Waals surface area contributed by atoms with Crippen LogP contribution in [0.5, 0.6) is 5.75 Å². The topological polar surface area (TPSA) is 46.6 Å². The Hall–Kier alpha value is -0.780. The van der Waals surface area contributed by atoms with Crippen LogP contribution >= 0.6 is 11.6 Å². The second-order valence-corrected chi connectivity index (χ2v) is 7.29. The van der Waals surface area contributed by atoms with Crippen molar-refractivity contribution >= 4 is 21.4 Å². The number of nitrogens with zero attached hydrogens (tertiary/aromatic N) is 1. The normalized spacial score (nSPS) is 11.8. The smallest absolute Gasteiger partial charge is 0.148 e. The molecule has 1 aromatic carbocycles. The van der Waals surface area contributed by atoms with E-state index in [9.17, 15) is 8.42 Å². The van der Waals surface area contributed by atoms with Crippen molar-refractivity contribution in [2.75, 3.05) is 38.8 Å². The Balaban J connectivity index is 2.15. The van der Waals surface area contributed by atoms with Gasteiger partial charge in [-0.05, 0) is 37.7 Å². The molecular formula is C13H20ClNO3S. The van der Waals surface area contributed by atoms with E-state index < -0.39 is 9.84 Å². The summed E-state index contributed by atoms with van der Waals surface area (Å²) in [6.45, 7) is 1.97. The van der Waals surface area contributed by atoms with Gasteiger partial charge in [0.05, 0.1) is 12.4 Å². The van der Waals surface area contributed by atoms with E-state index in [1.54, 1.807) is 12.1 Å². The molecule has 0 spiro atoms. The quantitative estimate of drug-likeness (QED) is 0.690. The van der Waals surface area contributed by atoms with Crippen molar-refractivity contribution in [3.8, 4) is 5.75 Å². The van der Waals surface area contributed by atoms with Crippen LogP contribution in [0.4, 0.5) is 0 Å². The molecule has 1 rings (SSSR count). The molecule has 0 aliphatic rings. The van der Waals surface area contributed by atoms with Crippen molar-refractivity contribution in [1.82, 2.24) is 4.90 Å². The Labute approximate surface area is 120 Å². The highest BCUT2D eigenvalue weighted by Gasteiger charge is 2.05. The van der Waals surface area contributed by atoms with Crippen LogP contribution in [0, 0.1) is 0 Å². The first-order valence-electron chi connectivity index (χ1n) is 6.11. The summed E-state index contributed by atoms with van der Waals surface area (Å²) in [6.07, 6.45) is 2.10. The number of hydrogen-bond donors (Lipinski definition) is 0. The first-order chi connectivity index (χ1) is 8.87. The lowest BCUT2D eigenvalue weighted by atomic mass is 10.3. The monoisotopic (exact) mass is 305 g/mol. The van der Waals surface area contributed by atoms with Crippen molar-refractivity contribution in [2.45, 2.75) is 6.42 Å². The molecule has 0 unspecified atom stereocenters. The molecule has 0 bridgehead atoms. The van der Waals surface area contributed by atoms with Crippen LogP contribution < -0.4 is 4.74 Å². The van der Waals surface area contributed by atoms with Gasteiger partial charge in [-0.3, -0.25) is 0 Å². The summed E-state index contributed by atoms with van der Waals surface area (Å²) in [7, 11) is -0.972. The van der Waals surface area contributed by atoms with Gasteiger partial charge in [0.2, 0.25) is 0 Å². The van der Waals surface area contributed by atoms with Gasteiger partial charge in [0.1, 0.15) is 15.6 Å². The molecule has 0 heterocycles. The van der Waals surface area contributed by atoms with E-state index in [1.807, 2.05) is 24.1 Å². The van der Waals surface area contributed by atoms with Crippen LogP contribution in [0.2, 0.25) is 5.02 Å². The maximum atomic E-state index is 11.0. The minimum Gasteiger partial charge on any atom is -0.494 e. The first-order valence-corrected chi connectivity index (χ1v) is 8.55. The third-order valence-corrected chi connectivity index (χ3v) is 3.79. The highest BCUT2D eigenvalue weighted by Crippen LogP contribution is 2.15. The molecule has 0 aromatic heterocycles. The second-order valence-electron chi connectivity index (χ2n) is 4.59. The number of ether oxygens (including phenoxy) is 1. The lowest BCUT2D eigenvalue weighted by Crippen LogP contribution is -2.27. The molecule has 0 radical (unpaired) electrons. The maximum Gasteiger partial charge on any atom is 0.148 e. The highest BCUT2D eigenvalue weighted by molar-refractivity contribution is 7.90. The average Bonchev–Trinajstić information content (AvgIpc) is 2.33. The Bertz CT molecular complexity index is 473. The van der Waals surface area contributed by atoms with Crippen LogP contribution in [-0.4, -0.2) is 52.1 Å². The fourth-order valence-corrected chi connectivity index (χ4v) is 2.26. The predicted octanol–water partition coefficient (Wildman–Crippen LogP) is 2.09. The summed E-state index contributed by atoms with van der Waals surface area (Å²) in [6, 6.07) is 7.23. The third kappa shape index (κ3) is 8.08.